The van der Waals surface area contributed by atoms with Gasteiger partial charge in [0.1, 0.15) is 0 Å². The summed E-state index contributed by atoms with van der Waals surface area (Å²) in [5.41, 5.74) is -1.34. The summed E-state index contributed by atoms with van der Waals surface area (Å²) in [7, 11) is -3.96. The van der Waals surface area contributed by atoms with E-state index in [1.54, 1.807) is 20.8 Å². The van der Waals surface area contributed by atoms with E-state index in [0.29, 0.717) is 0 Å². The Bertz CT molecular complexity index is 907. The van der Waals surface area contributed by atoms with Crippen LogP contribution in [0.1, 0.15) is 20.8 Å². The second-order valence-electron chi connectivity index (χ2n) is 6.27. The van der Waals surface area contributed by atoms with Gasteiger partial charge in [-0.2, -0.15) is 0 Å². The van der Waals surface area contributed by atoms with Crippen LogP contribution >= 0.6 is 0 Å². The molecule has 1 N–H and O–H groups in total. The number of nitro benzene ring substituents is 1. The van der Waals surface area contributed by atoms with Crippen molar-refractivity contribution in [3.8, 4) is 11.5 Å². The Balaban J connectivity index is 2.45. The van der Waals surface area contributed by atoms with Gasteiger partial charge in [-0.25, -0.2) is 17.5 Å². The number of hydrogen-bond donors (Lipinski definition) is 1. The van der Waals surface area contributed by atoms with Crippen molar-refractivity contribution in [2.75, 3.05) is 0 Å². The maximum Gasteiger partial charge on any atom is 0.312 e. The van der Waals surface area contributed by atoms with E-state index >= 15 is 0 Å². The Morgan fingerprint density at radius 1 is 1.12 bits per heavy atom. The number of para-hydroxylation sites is 1. The molecule has 0 unspecified atom stereocenters. The molecule has 0 spiro atoms. The van der Waals surface area contributed by atoms with Crippen molar-refractivity contribution in [1.82, 2.24) is 4.72 Å². The molecule has 0 atom stereocenters. The fourth-order valence-corrected chi connectivity index (χ4v) is 3.44. The van der Waals surface area contributed by atoms with Crippen LogP contribution in [-0.4, -0.2) is 18.9 Å². The summed E-state index contributed by atoms with van der Waals surface area (Å²) in [6.45, 7) is 4.94. The summed E-state index contributed by atoms with van der Waals surface area (Å²) in [6, 6.07) is 8.59. The zero-order valence-corrected chi connectivity index (χ0v) is 14.6. The van der Waals surface area contributed by atoms with Crippen LogP contribution in [0.3, 0.4) is 0 Å². The van der Waals surface area contributed by atoms with Gasteiger partial charge in [-0.3, -0.25) is 10.1 Å². The van der Waals surface area contributed by atoms with Crippen LogP contribution in [0.15, 0.2) is 47.4 Å². The van der Waals surface area contributed by atoms with Gasteiger partial charge in [-0.05, 0) is 45.0 Å². The highest BCUT2D eigenvalue weighted by atomic mass is 32.2. The number of nitrogens with zero attached hydrogens (tertiary/aromatic N) is 1. The van der Waals surface area contributed by atoms with E-state index < -0.39 is 32.0 Å². The van der Waals surface area contributed by atoms with Crippen molar-refractivity contribution >= 4 is 15.7 Å². The van der Waals surface area contributed by atoms with Crippen LogP contribution in [0.25, 0.3) is 0 Å². The number of rotatable bonds is 5. The number of sulfonamides is 1. The normalized spacial score (nSPS) is 12.0. The minimum atomic E-state index is -3.96. The van der Waals surface area contributed by atoms with E-state index in [0.717, 1.165) is 24.3 Å². The lowest BCUT2D eigenvalue weighted by atomic mass is 10.1. The summed E-state index contributed by atoms with van der Waals surface area (Å²) in [4.78, 5) is 10.2. The minimum absolute atomic E-state index is 0.200. The third-order valence-corrected chi connectivity index (χ3v) is 4.69. The molecule has 0 bridgehead atoms. The van der Waals surface area contributed by atoms with Gasteiger partial charge < -0.3 is 4.74 Å². The Morgan fingerprint density at radius 3 is 2.32 bits per heavy atom. The Hall–Kier alpha value is -2.52. The zero-order chi connectivity index (χ0) is 18.8. The Morgan fingerprint density at radius 2 is 1.76 bits per heavy atom. The molecular weight excluding hydrogens is 351 g/mol. The number of halogens is 1. The first-order valence-electron chi connectivity index (χ1n) is 7.24. The standard InChI is InChI=1S/C16H17FN2O5S/c1-16(2,3)18-25(22,23)11-8-9-15(13(10-11)19(20)21)24-14-7-5-4-6-12(14)17/h4-10,18H,1-3H3. The first-order chi connectivity index (χ1) is 11.5. The van der Waals surface area contributed by atoms with E-state index in [4.69, 9.17) is 4.74 Å². The van der Waals surface area contributed by atoms with Gasteiger partial charge in [0.25, 0.3) is 0 Å². The van der Waals surface area contributed by atoms with Gasteiger partial charge in [0.15, 0.2) is 11.6 Å². The summed E-state index contributed by atoms with van der Waals surface area (Å²) in [5, 5.41) is 11.3. The second kappa shape index (κ2) is 6.77. The highest BCUT2D eigenvalue weighted by Crippen LogP contribution is 2.34. The molecule has 0 aliphatic heterocycles. The first-order valence-corrected chi connectivity index (χ1v) is 8.73. The van der Waals surface area contributed by atoms with Crippen molar-refractivity contribution in [2.24, 2.45) is 0 Å². The van der Waals surface area contributed by atoms with Gasteiger partial charge in [0.2, 0.25) is 15.8 Å². The Kier molecular flexibility index (Phi) is 5.09. The maximum atomic E-state index is 13.7. The molecule has 2 aromatic rings. The molecule has 0 amide bonds. The number of benzene rings is 2. The predicted molar refractivity (Wildman–Crippen MR) is 89.6 cm³/mol. The van der Waals surface area contributed by atoms with E-state index in [9.17, 15) is 22.9 Å². The average molecular weight is 368 g/mol. The summed E-state index contributed by atoms with van der Waals surface area (Å²) < 4.78 is 45.9. The molecule has 7 nitrogen and oxygen atoms in total. The average Bonchev–Trinajstić information content (AvgIpc) is 2.47. The molecule has 9 heteroatoms. The largest absolute Gasteiger partial charge is 0.447 e. The highest BCUT2D eigenvalue weighted by molar-refractivity contribution is 7.89. The van der Waals surface area contributed by atoms with Gasteiger partial charge >= 0.3 is 5.69 Å². The smallest absolute Gasteiger partial charge is 0.312 e. The topological polar surface area (TPSA) is 98.5 Å². The van der Waals surface area contributed by atoms with Gasteiger partial charge in [-0.15, -0.1) is 0 Å². The molecule has 0 fully saturated rings. The lowest BCUT2D eigenvalue weighted by molar-refractivity contribution is -0.385. The Labute approximate surface area is 144 Å². The third-order valence-electron chi connectivity index (χ3n) is 2.93. The van der Waals surface area contributed by atoms with Crippen molar-refractivity contribution < 1.29 is 22.5 Å². The van der Waals surface area contributed by atoms with Crippen molar-refractivity contribution in [3.63, 3.8) is 0 Å². The molecule has 2 rings (SSSR count). The summed E-state index contributed by atoms with van der Waals surface area (Å²) in [6.07, 6.45) is 0. The van der Waals surface area contributed by atoms with Gasteiger partial charge in [0, 0.05) is 11.6 Å². The fraction of sp³-hybridized carbons (Fsp3) is 0.250. The molecule has 0 radical (unpaired) electrons. The molecule has 0 heterocycles. The minimum Gasteiger partial charge on any atom is -0.447 e. The molecule has 0 aliphatic carbocycles. The number of ether oxygens (including phenoxy) is 1. The number of nitro groups is 1. The number of hydrogen-bond acceptors (Lipinski definition) is 5. The molecule has 0 saturated heterocycles. The second-order valence-corrected chi connectivity index (χ2v) is 7.96. The fourth-order valence-electron chi connectivity index (χ4n) is 2.00. The monoisotopic (exact) mass is 368 g/mol. The van der Waals surface area contributed by atoms with Crippen LogP contribution in [0.5, 0.6) is 11.5 Å². The van der Waals surface area contributed by atoms with Crippen molar-refractivity contribution in [3.05, 3.63) is 58.4 Å². The molecule has 0 aliphatic rings. The zero-order valence-electron chi connectivity index (χ0n) is 13.8. The van der Waals surface area contributed by atoms with Crippen LogP contribution in [0.4, 0.5) is 10.1 Å². The highest BCUT2D eigenvalue weighted by Gasteiger charge is 2.26. The van der Waals surface area contributed by atoms with E-state index in [1.165, 1.54) is 18.2 Å². The predicted octanol–water partition coefficient (Wildman–Crippen LogP) is 3.60. The van der Waals surface area contributed by atoms with Gasteiger partial charge in [0.05, 0.1) is 9.82 Å². The van der Waals surface area contributed by atoms with Crippen molar-refractivity contribution in [2.45, 2.75) is 31.2 Å². The number of nitrogens with one attached hydrogen (secondary N) is 1. The molecule has 25 heavy (non-hydrogen) atoms. The van der Waals surface area contributed by atoms with E-state index in [2.05, 4.69) is 4.72 Å². The quantitative estimate of drug-likeness (QED) is 0.642. The van der Waals surface area contributed by atoms with Crippen LogP contribution < -0.4 is 9.46 Å². The van der Waals surface area contributed by atoms with Gasteiger partial charge in [-0.1, -0.05) is 12.1 Å². The maximum absolute atomic E-state index is 13.7. The SMILES string of the molecule is CC(C)(C)NS(=O)(=O)c1ccc(Oc2ccccc2F)c([N+](=O)[O-])c1. The molecular formula is C16H17FN2O5S. The molecule has 0 aromatic heterocycles. The first kappa shape index (κ1) is 18.8. The van der Waals surface area contributed by atoms with Crippen molar-refractivity contribution in [1.29, 1.82) is 0 Å². The summed E-state index contributed by atoms with van der Waals surface area (Å²) >= 11 is 0. The van der Waals surface area contributed by atoms with Crippen LogP contribution in [-0.2, 0) is 10.0 Å². The lowest BCUT2D eigenvalue weighted by Gasteiger charge is -2.20. The van der Waals surface area contributed by atoms with Crippen LogP contribution in [0.2, 0.25) is 0 Å². The molecule has 2 aromatic carbocycles. The lowest BCUT2D eigenvalue weighted by Crippen LogP contribution is -2.40. The summed E-state index contributed by atoms with van der Waals surface area (Å²) in [5.74, 6) is -1.15. The molecule has 0 saturated carbocycles. The van der Waals surface area contributed by atoms with E-state index in [1.807, 2.05) is 0 Å². The van der Waals surface area contributed by atoms with Crippen LogP contribution in [0, 0.1) is 15.9 Å². The third kappa shape index (κ3) is 4.74. The molecule has 134 valence electrons. The van der Waals surface area contributed by atoms with E-state index in [-0.39, 0.29) is 16.4 Å².